The Morgan fingerprint density at radius 2 is 1.88 bits per heavy atom. The first-order chi connectivity index (χ1) is 8.01. The van der Waals surface area contributed by atoms with Crippen molar-refractivity contribution < 1.29 is 25.2 Å². The molecule has 0 aromatic heterocycles. The molecule has 0 saturated carbocycles. The highest BCUT2D eigenvalue weighted by Gasteiger charge is 2.43. The summed E-state index contributed by atoms with van der Waals surface area (Å²) in [5, 5.41) is 40.5. The molecule has 0 bridgehead atoms. The lowest BCUT2D eigenvalue weighted by Crippen LogP contribution is -2.65. The quantitative estimate of drug-likeness (QED) is 0.205. The Kier molecular flexibility index (Phi) is 5.46. The highest BCUT2D eigenvalue weighted by molar-refractivity contribution is 7.80. The predicted molar refractivity (Wildman–Crippen MR) is 61.7 cm³/mol. The van der Waals surface area contributed by atoms with Crippen LogP contribution in [-0.4, -0.2) is 69.8 Å². The zero-order chi connectivity index (χ0) is 13.0. The van der Waals surface area contributed by atoms with Crippen molar-refractivity contribution in [2.24, 2.45) is 0 Å². The van der Waals surface area contributed by atoms with Gasteiger partial charge < -0.3 is 30.5 Å². The number of hydrogen-bond acceptors (Lipinski definition) is 7. The van der Waals surface area contributed by atoms with E-state index < -0.39 is 37.3 Å². The Bertz CT molecular complexity index is 268. The van der Waals surface area contributed by atoms with Crippen LogP contribution in [0.15, 0.2) is 0 Å². The Balaban J connectivity index is 2.56. The molecule has 1 aliphatic rings. The van der Waals surface area contributed by atoms with Crippen LogP contribution in [-0.2, 0) is 4.74 Å². The summed E-state index contributed by atoms with van der Waals surface area (Å²) in [5.74, 6) is 0. The maximum Gasteiger partial charge on any atom is 0.180 e. The topological polar surface area (TPSA) is 126 Å². The van der Waals surface area contributed by atoms with E-state index in [1.807, 2.05) is 0 Å². The van der Waals surface area contributed by atoms with Gasteiger partial charge in [0.1, 0.15) is 24.4 Å². The second-order valence-corrected chi connectivity index (χ2v) is 4.01. The molecule has 7 N–H and O–H groups in total. The van der Waals surface area contributed by atoms with Crippen molar-refractivity contribution in [2.75, 3.05) is 13.7 Å². The van der Waals surface area contributed by atoms with E-state index in [0.717, 1.165) is 0 Å². The number of rotatable bonds is 3. The van der Waals surface area contributed by atoms with Gasteiger partial charge in [0.2, 0.25) is 0 Å². The molecule has 100 valence electrons. The van der Waals surface area contributed by atoms with Crippen molar-refractivity contribution >= 4 is 17.3 Å². The second-order valence-electron chi connectivity index (χ2n) is 3.60. The summed E-state index contributed by atoms with van der Waals surface area (Å²) in [7, 11) is 1.60. The minimum absolute atomic E-state index is 0.266. The first kappa shape index (κ1) is 14.5. The summed E-state index contributed by atoms with van der Waals surface area (Å²) in [6.45, 7) is -0.473. The van der Waals surface area contributed by atoms with Crippen LogP contribution in [0.5, 0.6) is 0 Å². The van der Waals surface area contributed by atoms with E-state index in [2.05, 4.69) is 16.2 Å². The Hall–Kier alpha value is -0.550. The van der Waals surface area contributed by atoms with Crippen LogP contribution in [0.25, 0.3) is 0 Å². The van der Waals surface area contributed by atoms with Crippen LogP contribution >= 0.6 is 12.2 Å². The van der Waals surface area contributed by atoms with Gasteiger partial charge in [-0.25, -0.2) is 5.43 Å². The number of ether oxygens (including phenoxy) is 1. The van der Waals surface area contributed by atoms with E-state index in [4.69, 9.17) is 22.1 Å². The zero-order valence-corrected chi connectivity index (χ0v) is 10.0. The second kappa shape index (κ2) is 6.40. The van der Waals surface area contributed by atoms with E-state index in [9.17, 15) is 15.3 Å². The molecule has 17 heavy (non-hydrogen) atoms. The number of hydrogen-bond donors (Lipinski definition) is 7. The number of nitrogens with one attached hydrogen (secondary N) is 3. The number of aliphatic hydroxyl groups excluding tert-OH is 4. The molecular weight excluding hydrogens is 250 g/mol. The molecule has 0 radical (unpaired) electrons. The monoisotopic (exact) mass is 267 g/mol. The number of aliphatic hydroxyl groups is 4. The van der Waals surface area contributed by atoms with Gasteiger partial charge in [0, 0.05) is 7.05 Å². The largest absolute Gasteiger partial charge is 0.394 e. The van der Waals surface area contributed by atoms with Crippen LogP contribution in [0.2, 0.25) is 0 Å². The van der Waals surface area contributed by atoms with Gasteiger partial charge in [-0.3, -0.25) is 5.43 Å². The van der Waals surface area contributed by atoms with Gasteiger partial charge >= 0.3 is 0 Å². The SMILES string of the molecule is CNC(=S)NN[C@@H]1O[C@H](CO)[C@H](O)[C@H](O)[C@H]1O. The van der Waals surface area contributed by atoms with E-state index in [1.165, 1.54) is 0 Å². The van der Waals surface area contributed by atoms with Gasteiger partial charge in [-0.15, -0.1) is 0 Å². The molecule has 1 saturated heterocycles. The van der Waals surface area contributed by atoms with Crippen molar-refractivity contribution in [2.45, 2.75) is 30.6 Å². The van der Waals surface area contributed by atoms with E-state index in [0.29, 0.717) is 0 Å². The third-order valence-corrected chi connectivity index (χ3v) is 2.75. The third kappa shape index (κ3) is 3.45. The van der Waals surface area contributed by atoms with Crippen molar-refractivity contribution in [3.63, 3.8) is 0 Å². The Morgan fingerprint density at radius 3 is 2.41 bits per heavy atom. The number of thiocarbonyl (C=S) groups is 1. The van der Waals surface area contributed by atoms with E-state index in [-0.39, 0.29) is 5.11 Å². The maximum atomic E-state index is 9.62. The Morgan fingerprint density at radius 1 is 1.24 bits per heavy atom. The van der Waals surface area contributed by atoms with Gasteiger partial charge in [-0.1, -0.05) is 0 Å². The van der Waals surface area contributed by atoms with Gasteiger partial charge in [0.25, 0.3) is 0 Å². The van der Waals surface area contributed by atoms with Crippen LogP contribution in [0.4, 0.5) is 0 Å². The summed E-state index contributed by atoms with van der Waals surface area (Å²) in [4.78, 5) is 0. The molecule has 8 nitrogen and oxygen atoms in total. The fourth-order valence-electron chi connectivity index (χ4n) is 1.42. The lowest BCUT2D eigenvalue weighted by Gasteiger charge is -2.40. The summed E-state index contributed by atoms with van der Waals surface area (Å²) in [6.07, 6.45) is -6.08. The summed E-state index contributed by atoms with van der Waals surface area (Å²) in [5.41, 5.74) is 5.05. The van der Waals surface area contributed by atoms with Gasteiger partial charge in [0.15, 0.2) is 11.3 Å². The first-order valence-corrected chi connectivity index (χ1v) is 5.45. The summed E-state index contributed by atoms with van der Waals surface area (Å²) in [6, 6.07) is 0. The van der Waals surface area contributed by atoms with Crippen molar-refractivity contribution in [3.8, 4) is 0 Å². The normalized spacial score (nSPS) is 37.6. The van der Waals surface area contributed by atoms with Gasteiger partial charge in [-0.05, 0) is 12.2 Å². The molecule has 1 rings (SSSR count). The molecular formula is C8H17N3O5S. The zero-order valence-electron chi connectivity index (χ0n) is 9.20. The molecule has 0 aromatic rings. The van der Waals surface area contributed by atoms with E-state index >= 15 is 0 Å². The van der Waals surface area contributed by atoms with Crippen molar-refractivity contribution in [3.05, 3.63) is 0 Å². The van der Waals surface area contributed by atoms with Crippen LogP contribution in [0.3, 0.4) is 0 Å². The minimum Gasteiger partial charge on any atom is -0.394 e. The predicted octanol–water partition coefficient (Wildman–Crippen LogP) is -3.62. The molecule has 9 heteroatoms. The van der Waals surface area contributed by atoms with Crippen molar-refractivity contribution in [1.29, 1.82) is 0 Å². The molecule has 1 fully saturated rings. The minimum atomic E-state index is -1.41. The highest BCUT2D eigenvalue weighted by atomic mass is 32.1. The summed E-state index contributed by atoms with van der Waals surface area (Å²) < 4.78 is 5.15. The molecule has 0 spiro atoms. The average Bonchev–Trinajstić information content (AvgIpc) is 2.34. The van der Waals surface area contributed by atoms with E-state index in [1.54, 1.807) is 7.05 Å². The molecule has 1 heterocycles. The molecule has 0 amide bonds. The average molecular weight is 267 g/mol. The third-order valence-electron chi connectivity index (χ3n) is 2.45. The van der Waals surface area contributed by atoms with Crippen LogP contribution < -0.4 is 16.2 Å². The van der Waals surface area contributed by atoms with Crippen molar-refractivity contribution in [1.82, 2.24) is 16.2 Å². The number of hydrazine groups is 1. The molecule has 1 aliphatic heterocycles. The standard InChI is InChI=1S/C8H17N3O5S/c1-9-8(17)11-10-7-6(15)5(14)4(13)3(2-12)16-7/h3-7,10,12-15H,2H2,1H3,(H2,9,11,17)/t3-,4+,5+,6-,7-/m1/s1. The molecule has 0 unspecified atom stereocenters. The van der Waals surface area contributed by atoms with Gasteiger partial charge in [0.05, 0.1) is 6.61 Å². The van der Waals surface area contributed by atoms with Crippen LogP contribution in [0.1, 0.15) is 0 Å². The smallest absolute Gasteiger partial charge is 0.180 e. The fraction of sp³-hybridized carbons (Fsp3) is 0.875. The fourth-order valence-corrected chi connectivity index (χ4v) is 1.48. The lowest BCUT2D eigenvalue weighted by molar-refractivity contribution is -0.238. The molecule has 0 aromatic carbocycles. The molecule has 5 atom stereocenters. The maximum absolute atomic E-state index is 9.62. The highest BCUT2D eigenvalue weighted by Crippen LogP contribution is 2.19. The summed E-state index contributed by atoms with van der Waals surface area (Å²) >= 11 is 4.79. The van der Waals surface area contributed by atoms with Gasteiger partial charge in [-0.2, -0.15) is 0 Å². The Labute approximate surface area is 104 Å². The molecule has 0 aliphatic carbocycles. The lowest BCUT2D eigenvalue weighted by atomic mass is 9.99. The van der Waals surface area contributed by atoms with Crippen LogP contribution in [0, 0.1) is 0 Å². The first-order valence-electron chi connectivity index (χ1n) is 5.05.